The van der Waals surface area contributed by atoms with Crippen LogP contribution in [-0.4, -0.2) is 36.1 Å². The third-order valence-corrected chi connectivity index (χ3v) is 4.14. The van der Waals surface area contributed by atoms with Crippen molar-refractivity contribution in [2.75, 3.05) is 7.11 Å². The first kappa shape index (κ1) is 16.5. The molecule has 0 amide bonds. The predicted octanol–water partition coefficient (Wildman–Crippen LogP) is 2.64. The van der Waals surface area contributed by atoms with E-state index in [2.05, 4.69) is 5.32 Å². The van der Waals surface area contributed by atoms with Gasteiger partial charge in [0, 0.05) is 18.0 Å². The number of aliphatic carboxylic acids is 1. The third kappa shape index (κ3) is 4.56. The second-order valence-electron chi connectivity index (χ2n) is 5.75. The van der Waals surface area contributed by atoms with Gasteiger partial charge in [0.1, 0.15) is 11.8 Å². The molecule has 1 atom stereocenters. The summed E-state index contributed by atoms with van der Waals surface area (Å²) in [5.74, 6) is -0.461. The van der Waals surface area contributed by atoms with Crippen molar-refractivity contribution in [2.45, 2.75) is 50.6 Å². The first-order valence-corrected chi connectivity index (χ1v) is 7.76. The highest BCUT2D eigenvalue weighted by atomic mass is 16.5. The molecule has 5 nitrogen and oxygen atoms in total. The SMILES string of the molecule is COc1ccc(C(=O)CC(NC2CCCCC2)C(=O)O)cc1. The van der Waals surface area contributed by atoms with Crippen LogP contribution in [0.3, 0.4) is 0 Å². The smallest absolute Gasteiger partial charge is 0.321 e. The van der Waals surface area contributed by atoms with E-state index in [4.69, 9.17) is 4.74 Å². The van der Waals surface area contributed by atoms with Gasteiger partial charge in [0.15, 0.2) is 5.78 Å². The Morgan fingerprint density at radius 2 is 1.86 bits per heavy atom. The van der Waals surface area contributed by atoms with Crippen LogP contribution in [0, 0.1) is 0 Å². The second kappa shape index (κ2) is 7.94. The second-order valence-corrected chi connectivity index (χ2v) is 5.75. The van der Waals surface area contributed by atoms with Crippen molar-refractivity contribution in [3.05, 3.63) is 29.8 Å². The van der Waals surface area contributed by atoms with Gasteiger partial charge in [-0.1, -0.05) is 19.3 Å². The molecule has 1 saturated carbocycles. The van der Waals surface area contributed by atoms with Gasteiger partial charge in [0.05, 0.1) is 7.11 Å². The lowest BCUT2D eigenvalue weighted by Gasteiger charge is -2.26. The van der Waals surface area contributed by atoms with Gasteiger partial charge in [-0.25, -0.2) is 0 Å². The number of hydrogen-bond acceptors (Lipinski definition) is 4. The van der Waals surface area contributed by atoms with Crippen molar-refractivity contribution >= 4 is 11.8 Å². The maximum Gasteiger partial charge on any atom is 0.321 e. The Hall–Kier alpha value is -1.88. The number of carbonyl (C=O) groups excluding carboxylic acids is 1. The number of carbonyl (C=O) groups is 2. The van der Waals surface area contributed by atoms with E-state index in [0.29, 0.717) is 11.3 Å². The van der Waals surface area contributed by atoms with Crippen LogP contribution in [-0.2, 0) is 4.79 Å². The molecule has 1 unspecified atom stereocenters. The normalized spacial score (nSPS) is 17.0. The van der Waals surface area contributed by atoms with Gasteiger partial charge in [0.2, 0.25) is 0 Å². The number of ether oxygens (including phenoxy) is 1. The summed E-state index contributed by atoms with van der Waals surface area (Å²) in [7, 11) is 1.56. The Morgan fingerprint density at radius 1 is 1.23 bits per heavy atom. The molecule has 0 spiro atoms. The molecule has 1 aliphatic carbocycles. The van der Waals surface area contributed by atoms with Crippen LogP contribution in [0.5, 0.6) is 5.75 Å². The predicted molar refractivity (Wildman–Crippen MR) is 83.4 cm³/mol. The van der Waals surface area contributed by atoms with Crippen molar-refractivity contribution in [1.29, 1.82) is 0 Å². The molecule has 0 aromatic heterocycles. The van der Waals surface area contributed by atoms with E-state index in [1.54, 1.807) is 31.4 Å². The number of carboxylic acids is 1. The lowest BCUT2D eigenvalue weighted by Crippen LogP contribution is -2.45. The minimum Gasteiger partial charge on any atom is -0.497 e. The molecule has 0 aliphatic heterocycles. The molecule has 2 rings (SSSR count). The molecule has 1 aliphatic rings. The molecule has 0 saturated heterocycles. The van der Waals surface area contributed by atoms with Crippen molar-refractivity contribution in [3.63, 3.8) is 0 Å². The highest BCUT2D eigenvalue weighted by Gasteiger charge is 2.25. The summed E-state index contributed by atoms with van der Waals surface area (Å²) >= 11 is 0. The summed E-state index contributed by atoms with van der Waals surface area (Å²) in [6.45, 7) is 0. The number of hydrogen-bond donors (Lipinski definition) is 2. The highest BCUT2D eigenvalue weighted by Crippen LogP contribution is 2.19. The number of carboxylic acid groups (broad SMARTS) is 1. The van der Waals surface area contributed by atoms with Crippen LogP contribution in [0.15, 0.2) is 24.3 Å². The van der Waals surface area contributed by atoms with E-state index in [1.807, 2.05) is 0 Å². The number of nitrogens with one attached hydrogen (secondary N) is 1. The lowest BCUT2D eigenvalue weighted by molar-refractivity contribution is -0.139. The van der Waals surface area contributed by atoms with Gasteiger partial charge >= 0.3 is 5.97 Å². The van der Waals surface area contributed by atoms with E-state index in [-0.39, 0.29) is 18.2 Å². The largest absolute Gasteiger partial charge is 0.497 e. The van der Waals surface area contributed by atoms with Gasteiger partial charge in [-0.05, 0) is 37.1 Å². The average Bonchev–Trinajstić information content (AvgIpc) is 2.55. The molecule has 1 aromatic carbocycles. The van der Waals surface area contributed by atoms with Crippen LogP contribution in [0.2, 0.25) is 0 Å². The third-order valence-electron chi connectivity index (χ3n) is 4.14. The first-order valence-electron chi connectivity index (χ1n) is 7.76. The Labute approximate surface area is 130 Å². The van der Waals surface area contributed by atoms with Gasteiger partial charge in [0.25, 0.3) is 0 Å². The van der Waals surface area contributed by atoms with Crippen molar-refractivity contribution in [1.82, 2.24) is 5.32 Å². The van der Waals surface area contributed by atoms with Crippen molar-refractivity contribution in [2.24, 2.45) is 0 Å². The summed E-state index contributed by atoms with van der Waals surface area (Å²) in [6.07, 6.45) is 5.40. The molecule has 22 heavy (non-hydrogen) atoms. The maximum absolute atomic E-state index is 12.3. The summed E-state index contributed by atoms with van der Waals surface area (Å²) in [5, 5.41) is 12.5. The molecule has 120 valence electrons. The zero-order valence-corrected chi connectivity index (χ0v) is 12.9. The molecule has 2 N–H and O–H groups in total. The highest BCUT2D eigenvalue weighted by molar-refractivity contribution is 5.98. The number of methoxy groups -OCH3 is 1. The summed E-state index contributed by atoms with van der Waals surface area (Å²) in [4.78, 5) is 23.7. The first-order chi connectivity index (χ1) is 10.6. The van der Waals surface area contributed by atoms with Crippen LogP contribution < -0.4 is 10.1 Å². The van der Waals surface area contributed by atoms with E-state index < -0.39 is 12.0 Å². The van der Waals surface area contributed by atoms with Gasteiger partial charge in [-0.15, -0.1) is 0 Å². The van der Waals surface area contributed by atoms with Gasteiger partial charge in [-0.3, -0.25) is 9.59 Å². The van der Waals surface area contributed by atoms with E-state index >= 15 is 0 Å². The minimum absolute atomic E-state index is 0.0296. The number of Topliss-reactive ketones (excluding diaryl/α,β-unsaturated/α-hetero) is 1. The summed E-state index contributed by atoms with van der Waals surface area (Å²) < 4.78 is 5.05. The Morgan fingerprint density at radius 3 is 2.41 bits per heavy atom. The average molecular weight is 305 g/mol. The number of rotatable bonds is 7. The molecule has 1 fully saturated rings. The fraction of sp³-hybridized carbons (Fsp3) is 0.529. The molecular weight excluding hydrogens is 282 g/mol. The fourth-order valence-corrected chi connectivity index (χ4v) is 2.85. The van der Waals surface area contributed by atoms with E-state index in [1.165, 1.54) is 6.42 Å². The summed E-state index contributed by atoms with van der Waals surface area (Å²) in [6, 6.07) is 6.13. The van der Waals surface area contributed by atoms with Crippen LogP contribution >= 0.6 is 0 Å². The quantitative estimate of drug-likeness (QED) is 0.757. The van der Waals surface area contributed by atoms with Crippen molar-refractivity contribution in [3.8, 4) is 5.75 Å². The van der Waals surface area contributed by atoms with Crippen LogP contribution in [0.4, 0.5) is 0 Å². The zero-order chi connectivity index (χ0) is 15.9. The van der Waals surface area contributed by atoms with Gasteiger partial charge < -0.3 is 15.2 Å². The van der Waals surface area contributed by atoms with Crippen LogP contribution in [0.1, 0.15) is 48.9 Å². The topological polar surface area (TPSA) is 75.6 Å². The Bertz CT molecular complexity index is 506. The maximum atomic E-state index is 12.3. The molecule has 1 aromatic rings. The minimum atomic E-state index is -0.965. The zero-order valence-electron chi connectivity index (χ0n) is 12.9. The number of ketones is 1. The van der Waals surface area contributed by atoms with Crippen LogP contribution in [0.25, 0.3) is 0 Å². The summed E-state index contributed by atoms with van der Waals surface area (Å²) in [5.41, 5.74) is 0.512. The molecule has 0 heterocycles. The standard InChI is InChI=1S/C17H23NO4/c1-22-14-9-7-12(8-10-14)16(19)11-15(17(20)21)18-13-5-3-2-4-6-13/h7-10,13,15,18H,2-6,11H2,1H3,(H,20,21). The van der Waals surface area contributed by atoms with Crippen molar-refractivity contribution < 1.29 is 19.4 Å². The molecule has 0 bridgehead atoms. The van der Waals surface area contributed by atoms with E-state index in [0.717, 1.165) is 25.7 Å². The molecular formula is C17H23NO4. The van der Waals surface area contributed by atoms with Gasteiger partial charge in [-0.2, -0.15) is 0 Å². The van der Waals surface area contributed by atoms with E-state index in [9.17, 15) is 14.7 Å². The fourth-order valence-electron chi connectivity index (χ4n) is 2.85. The monoisotopic (exact) mass is 305 g/mol. The number of benzene rings is 1. The molecule has 5 heteroatoms. The molecule has 0 radical (unpaired) electrons. The lowest BCUT2D eigenvalue weighted by atomic mass is 9.94. The Balaban J connectivity index is 1.96. The Kier molecular flexibility index (Phi) is 5.95.